The molecule has 2 N–H and O–H groups in total. The lowest BCUT2D eigenvalue weighted by atomic mass is 9.97. The van der Waals surface area contributed by atoms with Gasteiger partial charge in [-0.25, -0.2) is 4.79 Å². The third kappa shape index (κ3) is 2.05. The van der Waals surface area contributed by atoms with E-state index < -0.39 is 29.6 Å². The van der Waals surface area contributed by atoms with Gasteiger partial charge in [0.15, 0.2) is 12.1 Å². The van der Waals surface area contributed by atoms with Gasteiger partial charge >= 0.3 is 5.97 Å². The summed E-state index contributed by atoms with van der Waals surface area (Å²) in [4.78, 5) is 28.1. The number of nitrogens with one attached hydrogen (secondary N) is 1. The number of hydroxylamine groups is 2. The van der Waals surface area contributed by atoms with Crippen LogP contribution in [0.2, 0.25) is 0 Å². The molecule has 18 heavy (non-hydrogen) atoms. The zero-order valence-electron chi connectivity index (χ0n) is 10.0. The van der Waals surface area contributed by atoms with Crippen molar-refractivity contribution < 1.29 is 19.5 Å². The van der Waals surface area contributed by atoms with E-state index in [1.54, 1.807) is 0 Å². The average Bonchev–Trinajstić information content (AvgIpc) is 2.86. The van der Waals surface area contributed by atoms with Gasteiger partial charge in [0.05, 0.1) is 6.07 Å². The molecule has 2 unspecified atom stereocenters. The van der Waals surface area contributed by atoms with E-state index in [2.05, 4.69) is 16.2 Å². The molecule has 0 spiro atoms. The second-order valence-electron chi connectivity index (χ2n) is 4.74. The van der Waals surface area contributed by atoms with E-state index in [1.807, 2.05) is 0 Å². The number of hydrogen-bond acceptors (Lipinski definition) is 6. The molecule has 2 rings (SSSR count). The number of carbonyl (C=O) groups excluding carboxylic acids is 2. The molecule has 1 saturated carbocycles. The second-order valence-corrected chi connectivity index (χ2v) is 4.74. The Morgan fingerprint density at radius 2 is 2.22 bits per heavy atom. The predicted molar refractivity (Wildman–Crippen MR) is 58.3 cm³/mol. The summed E-state index contributed by atoms with van der Waals surface area (Å²) < 4.78 is 0. The number of rotatable bonds is 2. The fraction of sp³-hybridized carbons (Fsp3) is 0.727. The van der Waals surface area contributed by atoms with Crippen molar-refractivity contribution in [1.82, 2.24) is 10.4 Å². The van der Waals surface area contributed by atoms with E-state index in [0.29, 0.717) is 12.8 Å². The Labute approximate surface area is 104 Å². The summed E-state index contributed by atoms with van der Waals surface area (Å²) in [7, 11) is 1.37. The summed E-state index contributed by atoms with van der Waals surface area (Å²) in [6, 6.07) is 2.09. The zero-order chi connectivity index (χ0) is 13.3. The van der Waals surface area contributed by atoms with Crippen LogP contribution in [0.1, 0.15) is 25.7 Å². The van der Waals surface area contributed by atoms with Gasteiger partial charge in [-0.15, -0.1) is 5.06 Å². The summed E-state index contributed by atoms with van der Waals surface area (Å²) in [5, 5.41) is 22.3. The first-order valence-electron chi connectivity index (χ1n) is 5.85. The number of aliphatic hydroxyl groups excluding tert-OH is 1. The fourth-order valence-corrected chi connectivity index (χ4v) is 2.38. The number of hydrogen-bond donors (Lipinski definition) is 2. The Balaban J connectivity index is 2.08. The van der Waals surface area contributed by atoms with E-state index in [9.17, 15) is 14.7 Å². The first-order chi connectivity index (χ1) is 8.49. The lowest BCUT2D eigenvalue weighted by Crippen LogP contribution is -2.50. The standard InChI is InChI=1S/C11H15N3O4/c1-14-9(16)7(10(17)18-14)8(15)13-11(6-12)4-2-3-5-11/h7,9,16H,2-5H2,1H3,(H,13,15). The molecule has 2 atom stereocenters. The third-order valence-corrected chi connectivity index (χ3v) is 3.47. The quantitative estimate of drug-likeness (QED) is 0.629. The van der Waals surface area contributed by atoms with Gasteiger partial charge in [0, 0.05) is 7.05 Å². The zero-order valence-corrected chi connectivity index (χ0v) is 10.0. The minimum absolute atomic E-state index is 0.572. The van der Waals surface area contributed by atoms with E-state index in [4.69, 9.17) is 5.26 Å². The van der Waals surface area contributed by atoms with Gasteiger partial charge in [-0.3, -0.25) is 4.79 Å². The van der Waals surface area contributed by atoms with Crippen LogP contribution in [0, 0.1) is 17.2 Å². The van der Waals surface area contributed by atoms with Gasteiger partial charge in [0.1, 0.15) is 5.54 Å². The van der Waals surface area contributed by atoms with Crippen LogP contribution in [0.15, 0.2) is 0 Å². The fourth-order valence-electron chi connectivity index (χ4n) is 2.38. The summed E-state index contributed by atoms with van der Waals surface area (Å²) in [5.41, 5.74) is -0.905. The molecule has 98 valence electrons. The smallest absolute Gasteiger partial charge is 0.341 e. The molecule has 2 fully saturated rings. The van der Waals surface area contributed by atoms with Crippen molar-refractivity contribution in [3.8, 4) is 6.07 Å². The van der Waals surface area contributed by atoms with E-state index in [1.165, 1.54) is 7.05 Å². The molecule has 0 bridgehead atoms. The normalized spacial score (nSPS) is 30.8. The van der Waals surface area contributed by atoms with Crippen LogP contribution in [0.4, 0.5) is 0 Å². The van der Waals surface area contributed by atoms with Crippen LogP contribution in [0.3, 0.4) is 0 Å². The Kier molecular flexibility index (Phi) is 3.24. The number of nitrogens with zero attached hydrogens (tertiary/aromatic N) is 2. The van der Waals surface area contributed by atoms with E-state index >= 15 is 0 Å². The van der Waals surface area contributed by atoms with Crippen LogP contribution in [-0.4, -0.2) is 40.9 Å². The van der Waals surface area contributed by atoms with Gasteiger partial charge in [0.2, 0.25) is 5.91 Å². The summed E-state index contributed by atoms with van der Waals surface area (Å²) >= 11 is 0. The molecular weight excluding hydrogens is 238 g/mol. The lowest BCUT2D eigenvalue weighted by Gasteiger charge is -2.23. The monoisotopic (exact) mass is 253 g/mol. The molecule has 0 aromatic rings. The SMILES string of the molecule is CN1OC(=O)C(C(=O)NC2(C#N)CCCC2)C1O. The molecule has 1 aliphatic heterocycles. The maximum absolute atomic E-state index is 12.0. The maximum atomic E-state index is 12.0. The van der Waals surface area contributed by atoms with Gasteiger partial charge < -0.3 is 15.3 Å². The van der Waals surface area contributed by atoms with Gasteiger partial charge in [-0.1, -0.05) is 0 Å². The minimum Gasteiger partial charge on any atom is -0.374 e. The van der Waals surface area contributed by atoms with Gasteiger partial charge in [0.25, 0.3) is 0 Å². The highest BCUT2D eigenvalue weighted by molar-refractivity contribution is 5.99. The van der Waals surface area contributed by atoms with Crippen molar-refractivity contribution in [2.24, 2.45) is 5.92 Å². The Hall–Kier alpha value is -1.65. The van der Waals surface area contributed by atoms with Crippen LogP contribution < -0.4 is 5.32 Å². The Morgan fingerprint density at radius 3 is 2.67 bits per heavy atom. The number of amides is 1. The van der Waals surface area contributed by atoms with Crippen molar-refractivity contribution in [3.63, 3.8) is 0 Å². The van der Waals surface area contributed by atoms with Crippen molar-refractivity contribution in [3.05, 3.63) is 0 Å². The first kappa shape index (κ1) is 12.8. The van der Waals surface area contributed by atoms with Crippen molar-refractivity contribution in [2.75, 3.05) is 7.05 Å². The molecule has 1 heterocycles. The third-order valence-electron chi connectivity index (χ3n) is 3.47. The largest absolute Gasteiger partial charge is 0.374 e. The van der Waals surface area contributed by atoms with Crippen molar-refractivity contribution >= 4 is 11.9 Å². The molecule has 7 heteroatoms. The Bertz CT molecular complexity index is 411. The number of nitriles is 1. The van der Waals surface area contributed by atoms with Crippen molar-refractivity contribution in [1.29, 1.82) is 5.26 Å². The molecule has 2 aliphatic rings. The molecule has 0 aromatic heterocycles. The van der Waals surface area contributed by atoms with Crippen LogP contribution in [-0.2, 0) is 14.4 Å². The predicted octanol–water partition coefficient (Wildman–Crippen LogP) is -0.723. The topological polar surface area (TPSA) is 103 Å². The van der Waals surface area contributed by atoms with E-state index in [-0.39, 0.29) is 0 Å². The van der Waals surface area contributed by atoms with Crippen LogP contribution in [0.5, 0.6) is 0 Å². The maximum Gasteiger partial charge on any atom is 0.341 e. The highest BCUT2D eigenvalue weighted by atomic mass is 16.7. The van der Waals surface area contributed by atoms with E-state index in [0.717, 1.165) is 17.9 Å². The molecular formula is C11H15N3O4. The molecule has 1 aliphatic carbocycles. The van der Waals surface area contributed by atoms with Crippen molar-refractivity contribution in [2.45, 2.75) is 37.5 Å². The highest BCUT2D eigenvalue weighted by Crippen LogP contribution is 2.30. The molecule has 7 nitrogen and oxygen atoms in total. The first-order valence-corrected chi connectivity index (χ1v) is 5.85. The van der Waals surface area contributed by atoms with Gasteiger partial charge in [-0.05, 0) is 25.7 Å². The summed E-state index contributed by atoms with van der Waals surface area (Å²) in [6.45, 7) is 0. The number of carbonyl (C=O) groups is 2. The summed E-state index contributed by atoms with van der Waals surface area (Å²) in [6.07, 6.45) is 1.57. The second kappa shape index (κ2) is 4.55. The molecule has 1 saturated heterocycles. The van der Waals surface area contributed by atoms with Gasteiger partial charge in [-0.2, -0.15) is 5.26 Å². The van der Waals surface area contributed by atoms with Crippen LogP contribution >= 0.6 is 0 Å². The highest BCUT2D eigenvalue weighted by Gasteiger charge is 2.48. The lowest BCUT2D eigenvalue weighted by molar-refractivity contribution is -0.183. The molecule has 0 radical (unpaired) electrons. The summed E-state index contributed by atoms with van der Waals surface area (Å²) in [5.74, 6) is -2.74. The van der Waals surface area contributed by atoms with Crippen LogP contribution in [0.25, 0.3) is 0 Å². The molecule has 1 amide bonds. The molecule has 0 aromatic carbocycles. The Morgan fingerprint density at radius 1 is 1.61 bits per heavy atom. The minimum atomic E-state index is -1.31. The number of aliphatic hydroxyl groups is 1. The average molecular weight is 253 g/mol.